The molecule has 96 valence electrons. The first kappa shape index (κ1) is 14.5. The van der Waals surface area contributed by atoms with Crippen molar-refractivity contribution in [3.63, 3.8) is 0 Å². The van der Waals surface area contributed by atoms with Crippen molar-refractivity contribution in [3.8, 4) is 0 Å². The number of rotatable bonds is 3. The van der Waals surface area contributed by atoms with Gasteiger partial charge >= 0.3 is 37.2 Å². The molecule has 0 saturated heterocycles. The summed E-state index contributed by atoms with van der Waals surface area (Å²) < 4.78 is 81.2. The fourth-order valence-electron chi connectivity index (χ4n) is 0.835. The molecule has 0 unspecified atom stereocenters. The standard InChI is InChI=1S/C9H5F7I/c10-7(11,8(12,13)14)9(15,16)17-6-4-2-1-3-5-6/h1-5H/q+1. The van der Waals surface area contributed by atoms with E-state index in [2.05, 4.69) is 0 Å². The van der Waals surface area contributed by atoms with Gasteiger partial charge in [-0.25, -0.2) is 0 Å². The molecule has 0 bridgehead atoms. The van der Waals surface area contributed by atoms with Gasteiger partial charge in [0.25, 0.3) is 0 Å². The summed E-state index contributed by atoms with van der Waals surface area (Å²) >= 11 is -2.78. The van der Waals surface area contributed by atoms with E-state index in [1.165, 1.54) is 18.2 Å². The summed E-state index contributed by atoms with van der Waals surface area (Å²) in [5.41, 5.74) is 0. The number of hydrogen-bond donors (Lipinski definition) is 0. The van der Waals surface area contributed by atoms with Crippen LogP contribution in [-0.4, -0.2) is 16.0 Å². The molecular formula is C9H5F7I+. The molecule has 0 nitrogen and oxygen atoms in total. The van der Waals surface area contributed by atoms with Crippen LogP contribution in [0.2, 0.25) is 0 Å². The molecule has 0 saturated carbocycles. The van der Waals surface area contributed by atoms with E-state index in [-0.39, 0.29) is 3.57 Å². The van der Waals surface area contributed by atoms with Gasteiger partial charge in [-0.1, -0.05) is 18.2 Å². The second kappa shape index (κ2) is 4.62. The van der Waals surface area contributed by atoms with Crippen molar-refractivity contribution in [2.75, 3.05) is 0 Å². The van der Waals surface area contributed by atoms with Gasteiger partial charge in [0.05, 0.1) is 0 Å². The molecule has 0 atom stereocenters. The van der Waals surface area contributed by atoms with E-state index >= 15 is 0 Å². The van der Waals surface area contributed by atoms with Gasteiger partial charge < -0.3 is 0 Å². The summed E-state index contributed by atoms with van der Waals surface area (Å²) in [4.78, 5) is 0. The lowest BCUT2D eigenvalue weighted by Gasteiger charge is -2.19. The average molecular weight is 373 g/mol. The highest BCUT2D eigenvalue weighted by atomic mass is 127. The molecule has 0 aliphatic carbocycles. The fraction of sp³-hybridized carbons (Fsp3) is 0.333. The van der Waals surface area contributed by atoms with Crippen molar-refractivity contribution < 1.29 is 51.9 Å². The van der Waals surface area contributed by atoms with Gasteiger partial charge in [0.2, 0.25) is 0 Å². The number of alkyl halides is 8. The van der Waals surface area contributed by atoms with E-state index in [9.17, 15) is 30.7 Å². The lowest BCUT2D eigenvalue weighted by molar-refractivity contribution is -0.790. The zero-order chi connectivity index (χ0) is 13.3. The largest absolute Gasteiger partial charge is 0.520 e. The van der Waals surface area contributed by atoms with E-state index in [0.29, 0.717) is 0 Å². The number of halogens is 8. The molecule has 0 aromatic heterocycles. The van der Waals surface area contributed by atoms with Crippen molar-refractivity contribution in [2.45, 2.75) is 16.0 Å². The zero-order valence-electron chi connectivity index (χ0n) is 7.91. The number of benzene rings is 1. The molecule has 1 aromatic carbocycles. The van der Waals surface area contributed by atoms with Gasteiger partial charge in [0, 0.05) is 0 Å². The third-order valence-electron chi connectivity index (χ3n) is 1.67. The zero-order valence-corrected chi connectivity index (χ0v) is 10.1. The van der Waals surface area contributed by atoms with Crippen LogP contribution in [0.3, 0.4) is 0 Å². The number of hydrogen-bond acceptors (Lipinski definition) is 0. The Morgan fingerprint density at radius 2 is 1.24 bits per heavy atom. The minimum absolute atomic E-state index is 0.180. The minimum Gasteiger partial charge on any atom is -0.185 e. The summed E-state index contributed by atoms with van der Waals surface area (Å²) in [5, 5.41) is 0. The highest BCUT2D eigenvalue weighted by molar-refractivity contribution is 4.99. The summed E-state index contributed by atoms with van der Waals surface area (Å²) in [6, 6.07) is 6.27. The van der Waals surface area contributed by atoms with Gasteiger partial charge in [-0.2, -0.15) is 22.0 Å². The molecular weight excluding hydrogens is 368 g/mol. The maximum atomic E-state index is 13.0. The van der Waals surface area contributed by atoms with Crippen LogP contribution in [0.1, 0.15) is 0 Å². The molecule has 0 aliphatic heterocycles. The summed E-state index contributed by atoms with van der Waals surface area (Å²) in [6.45, 7) is 0. The highest BCUT2D eigenvalue weighted by Gasteiger charge is 2.81. The molecule has 1 rings (SSSR count). The molecule has 0 spiro atoms. The van der Waals surface area contributed by atoms with Crippen LogP contribution in [0.15, 0.2) is 30.3 Å². The Labute approximate surface area is 102 Å². The monoisotopic (exact) mass is 373 g/mol. The molecule has 0 N–H and O–H groups in total. The average Bonchev–Trinajstić information content (AvgIpc) is 2.16. The Morgan fingerprint density at radius 3 is 1.65 bits per heavy atom. The van der Waals surface area contributed by atoms with Gasteiger partial charge in [-0.15, -0.1) is 8.78 Å². The lowest BCUT2D eigenvalue weighted by atomic mass is 10.3. The lowest BCUT2D eigenvalue weighted by Crippen LogP contribution is -3.68. The summed E-state index contributed by atoms with van der Waals surface area (Å²) in [6.07, 6.45) is -6.25. The van der Waals surface area contributed by atoms with E-state index < -0.39 is 37.2 Å². The van der Waals surface area contributed by atoms with Crippen LogP contribution in [-0.2, 0) is 0 Å². The Morgan fingerprint density at radius 1 is 0.765 bits per heavy atom. The minimum atomic E-state index is -6.25. The van der Waals surface area contributed by atoms with Crippen LogP contribution >= 0.6 is 0 Å². The van der Waals surface area contributed by atoms with E-state index in [4.69, 9.17) is 0 Å². The van der Waals surface area contributed by atoms with Crippen molar-refractivity contribution in [3.05, 3.63) is 33.9 Å². The SMILES string of the molecule is FC(F)(F)C(F)(F)C(F)(F)[I+]c1ccccc1. The van der Waals surface area contributed by atoms with Gasteiger partial charge in [-0.3, -0.25) is 0 Å². The van der Waals surface area contributed by atoms with Crippen LogP contribution in [0.4, 0.5) is 30.7 Å². The predicted octanol–water partition coefficient (Wildman–Crippen LogP) is 0.736. The van der Waals surface area contributed by atoms with Gasteiger partial charge in [0.15, 0.2) is 3.57 Å². The third-order valence-corrected chi connectivity index (χ3v) is 4.37. The Hall–Kier alpha value is -0.540. The van der Waals surface area contributed by atoms with E-state index in [0.717, 1.165) is 12.1 Å². The predicted molar refractivity (Wildman–Crippen MR) is 41.1 cm³/mol. The normalized spacial score (nSPS) is 13.8. The van der Waals surface area contributed by atoms with E-state index in [1.54, 1.807) is 0 Å². The molecule has 1 aromatic rings. The van der Waals surface area contributed by atoms with Gasteiger partial charge in [-0.05, 0) is 12.1 Å². The van der Waals surface area contributed by atoms with Crippen molar-refractivity contribution in [1.29, 1.82) is 0 Å². The molecule has 0 amide bonds. The van der Waals surface area contributed by atoms with Crippen LogP contribution < -0.4 is 21.2 Å². The fourth-order valence-corrected chi connectivity index (χ4v) is 3.04. The maximum absolute atomic E-state index is 13.0. The Kier molecular flexibility index (Phi) is 3.94. The van der Waals surface area contributed by atoms with Crippen molar-refractivity contribution in [1.82, 2.24) is 0 Å². The topological polar surface area (TPSA) is 0 Å². The quantitative estimate of drug-likeness (QED) is 0.417. The van der Waals surface area contributed by atoms with Crippen molar-refractivity contribution >= 4 is 0 Å². The van der Waals surface area contributed by atoms with Crippen LogP contribution in [0, 0.1) is 3.57 Å². The summed E-state index contributed by atoms with van der Waals surface area (Å²) in [5.74, 6) is -6.00. The van der Waals surface area contributed by atoms with Gasteiger partial charge in [0.1, 0.15) is 0 Å². The van der Waals surface area contributed by atoms with Crippen molar-refractivity contribution in [2.24, 2.45) is 0 Å². The molecule has 0 radical (unpaired) electrons. The highest BCUT2D eigenvalue weighted by Crippen LogP contribution is 2.42. The Bertz CT molecular complexity index is 371. The molecule has 17 heavy (non-hydrogen) atoms. The van der Waals surface area contributed by atoms with Crippen LogP contribution in [0.25, 0.3) is 0 Å². The second-order valence-corrected chi connectivity index (χ2v) is 6.10. The van der Waals surface area contributed by atoms with E-state index in [1.807, 2.05) is 0 Å². The molecule has 0 fully saturated rings. The third kappa shape index (κ3) is 3.02. The second-order valence-electron chi connectivity index (χ2n) is 2.96. The first-order chi connectivity index (χ1) is 7.58. The summed E-state index contributed by atoms with van der Waals surface area (Å²) in [7, 11) is 0. The molecule has 8 heteroatoms. The molecule has 0 aliphatic rings. The maximum Gasteiger partial charge on any atom is 0.520 e. The first-order valence-electron chi connectivity index (χ1n) is 4.11. The Balaban J connectivity index is 2.96. The first-order valence-corrected chi connectivity index (χ1v) is 6.27. The molecule has 0 heterocycles. The smallest absolute Gasteiger partial charge is 0.185 e. The van der Waals surface area contributed by atoms with Crippen LogP contribution in [0.5, 0.6) is 0 Å².